The van der Waals surface area contributed by atoms with Crippen molar-refractivity contribution in [1.82, 2.24) is 25.1 Å². The van der Waals surface area contributed by atoms with Gasteiger partial charge in [-0.25, -0.2) is 4.68 Å². The van der Waals surface area contributed by atoms with E-state index in [-0.39, 0.29) is 6.10 Å². The van der Waals surface area contributed by atoms with Crippen LogP contribution in [0, 0.1) is 0 Å². The standard InChI is InChI=1S/C19H33N5OS/c1-2-23(15-11-13-17(25)14-12-15)19(26)10-6-9-18-20-21-22-24(18)16-7-4-3-5-8-16/h15-17,25H,2-14H2,1H3. The molecule has 1 N–H and O–H groups in total. The fraction of sp³-hybridized carbons (Fsp3) is 0.895. The molecular formula is C19H33N5OS. The number of aryl methyl sites for hydroxylation is 1. The van der Waals surface area contributed by atoms with Crippen molar-refractivity contribution in [3.05, 3.63) is 5.82 Å². The van der Waals surface area contributed by atoms with Crippen LogP contribution < -0.4 is 0 Å². The molecule has 0 aromatic carbocycles. The van der Waals surface area contributed by atoms with E-state index in [9.17, 15) is 5.11 Å². The fourth-order valence-corrected chi connectivity index (χ4v) is 4.96. The number of hydrogen-bond donors (Lipinski definition) is 1. The Balaban J connectivity index is 1.48. The lowest BCUT2D eigenvalue weighted by atomic mass is 9.92. The van der Waals surface area contributed by atoms with E-state index >= 15 is 0 Å². The van der Waals surface area contributed by atoms with Crippen LogP contribution in [-0.2, 0) is 6.42 Å². The van der Waals surface area contributed by atoms with Crippen molar-refractivity contribution < 1.29 is 5.11 Å². The summed E-state index contributed by atoms with van der Waals surface area (Å²) in [5, 5.41) is 22.2. The molecule has 146 valence electrons. The van der Waals surface area contributed by atoms with Gasteiger partial charge in [0.05, 0.1) is 17.1 Å². The maximum atomic E-state index is 9.73. The van der Waals surface area contributed by atoms with Crippen molar-refractivity contribution in [2.75, 3.05) is 6.54 Å². The molecule has 0 aliphatic heterocycles. The average Bonchev–Trinajstić information content (AvgIpc) is 3.13. The van der Waals surface area contributed by atoms with Gasteiger partial charge < -0.3 is 10.0 Å². The molecule has 26 heavy (non-hydrogen) atoms. The Morgan fingerprint density at radius 1 is 1.15 bits per heavy atom. The first-order chi connectivity index (χ1) is 12.7. The largest absolute Gasteiger partial charge is 0.393 e. The first-order valence-electron chi connectivity index (χ1n) is 10.4. The van der Waals surface area contributed by atoms with Gasteiger partial charge in [0.1, 0.15) is 0 Å². The molecule has 0 bridgehead atoms. The molecule has 1 aromatic heterocycles. The van der Waals surface area contributed by atoms with Crippen LogP contribution in [0.4, 0.5) is 0 Å². The van der Waals surface area contributed by atoms with E-state index in [2.05, 4.69) is 32.0 Å². The number of hydrogen-bond acceptors (Lipinski definition) is 5. The highest BCUT2D eigenvalue weighted by Gasteiger charge is 2.25. The quantitative estimate of drug-likeness (QED) is 0.732. The van der Waals surface area contributed by atoms with Gasteiger partial charge in [0.2, 0.25) is 0 Å². The summed E-state index contributed by atoms with van der Waals surface area (Å²) < 4.78 is 2.07. The number of aromatic nitrogens is 4. The van der Waals surface area contributed by atoms with Crippen LogP contribution in [0.25, 0.3) is 0 Å². The molecule has 2 aliphatic rings. The molecule has 0 spiro atoms. The van der Waals surface area contributed by atoms with E-state index < -0.39 is 0 Å². The normalized spacial score (nSPS) is 24.5. The molecule has 6 nitrogen and oxygen atoms in total. The molecule has 2 saturated carbocycles. The Bertz CT molecular complexity index is 564. The predicted molar refractivity (Wildman–Crippen MR) is 106 cm³/mol. The van der Waals surface area contributed by atoms with E-state index in [4.69, 9.17) is 12.2 Å². The first kappa shape index (κ1) is 19.7. The molecular weight excluding hydrogens is 346 g/mol. The minimum atomic E-state index is -0.114. The van der Waals surface area contributed by atoms with Crippen molar-refractivity contribution in [2.24, 2.45) is 0 Å². The molecule has 3 rings (SSSR count). The third-order valence-electron chi connectivity index (χ3n) is 6.04. The zero-order valence-corrected chi connectivity index (χ0v) is 16.8. The molecule has 0 unspecified atom stereocenters. The summed E-state index contributed by atoms with van der Waals surface area (Å²) in [4.78, 5) is 3.44. The first-order valence-corrected chi connectivity index (χ1v) is 10.8. The maximum absolute atomic E-state index is 9.73. The number of nitrogens with zero attached hydrogens (tertiary/aromatic N) is 5. The van der Waals surface area contributed by atoms with Gasteiger partial charge in [-0.3, -0.25) is 0 Å². The third kappa shape index (κ3) is 5.00. The number of rotatable bonds is 7. The summed E-state index contributed by atoms with van der Waals surface area (Å²) in [6.07, 6.45) is 12.9. The summed E-state index contributed by atoms with van der Waals surface area (Å²) in [6, 6.07) is 0.991. The lowest BCUT2D eigenvalue weighted by molar-refractivity contribution is 0.0980. The van der Waals surface area contributed by atoms with Gasteiger partial charge >= 0.3 is 0 Å². The Morgan fingerprint density at radius 2 is 1.88 bits per heavy atom. The summed E-state index contributed by atoms with van der Waals surface area (Å²) in [7, 11) is 0. The summed E-state index contributed by atoms with van der Waals surface area (Å²) in [5.74, 6) is 1.02. The number of tetrazole rings is 1. The van der Waals surface area contributed by atoms with Crippen LogP contribution in [-0.4, -0.2) is 53.9 Å². The molecule has 0 saturated heterocycles. The van der Waals surface area contributed by atoms with Gasteiger partial charge in [0, 0.05) is 19.0 Å². The average molecular weight is 380 g/mol. The lowest BCUT2D eigenvalue weighted by Gasteiger charge is -2.37. The highest BCUT2D eigenvalue weighted by atomic mass is 32.1. The van der Waals surface area contributed by atoms with Gasteiger partial charge in [0.25, 0.3) is 0 Å². The lowest BCUT2D eigenvalue weighted by Crippen LogP contribution is -2.42. The van der Waals surface area contributed by atoms with Crippen LogP contribution in [0.3, 0.4) is 0 Å². The van der Waals surface area contributed by atoms with Crippen molar-refractivity contribution in [3.8, 4) is 0 Å². The molecule has 0 amide bonds. The summed E-state index contributed by atoms with van der Waals surface area (Å²) in [5.41, 5.74) is 0. The number of aliphatic hydroxyl groups excluding tert-OH is 1. The smallest absolute Gasteiger partial charge is 0.151 e. The van der Waals surface area contributed by atoms with Gasteiger partial charge in [-0.05, 0) is 68.7 Å². The van der Waals surface area contributed by atoms with Crippen molar-refractivity contribution in [2.45, 2.75) is 102 Å². The molecule has 7 heteroatoms. The van der Waals surface area contributed by atoms with E-state index in [0.29, 0.717) is 12.1 Å². The minimum absolute atomic E-state index is 0.114. The van der Waals surface area contributed by atoms with Crippen LogP contribution in [0.2, 0.25) is 0 Å². The molecule has 2 aliphatic carbocycles. The molecule has 0 radical (unpaired) electrons. The monoisotopic (exact) mass is 379 g/mol. The van der Waals surface area contributed by atoms with E-state index in [0.717, 1.165) is 62.3 Å². The van der Waals surface area contributed by atoms with E-state index in [1.165, 1.54) is 32.1 Å². The highest BCUT2D eigenvalue weighted by Crippen LogP contribution is 2.28. The minimum Gasteiger partial charge on any atom is -0.393 e. The Morgan fingerprint density at radius 3 is 2.58 bits per heavy atom. The fourth-order valence-electron chi connectivity index (χ4n) is 4.54. The van der Waals surface area contributed by atoms with E-state index in [1.54, 1.807) is 0 Å². The number of thiocarbonyl (C=S) groups is 1. The van der Waals surface area contributed by atoms with E-state index in [1.807, 2.05) is 0 Å². The van der Waals surface area contributed by atoms with Gasteiger partial charge in [-0.15, -0.1) is 5.10 Å². The van der Waals surface area contributed by atoms with Crippen LogP contribution in [0.5, 0.6) is 0 Å². The SMILES string of the molecule is CCN(C(=S)CCCc1nnnn1C1CCCCC1)C1CCC(O)CC1. The van der Waals surface area contributed by atoms with Gasteiger partial charge in [0.15, 0.2) is 5.82 Å². The molecule has 1 heterocycles. The van der Waals surface area contributed by atoms with Crippen molar-refractivity contribution >= 4 is 17.2 Å². The summed E-state index contributed by atoms with van der Waals surface area (Å²) >= 11 is 5.74. The van der Waals surface area contributed by atoms with Gasteiger partial charge in [-0.1, -0.05) is 31.5 Å². The van der Waals surface area contributed by atoms with Crippen molar-refractivity contribution in [3.63, 3.8) is 0 Å². The zero-order chi connectivity index (χ0) is 18.4. The van der Waals surface area contributed by atoms with Crippen molar-refractivity contribution in [1.29, 1.82) is 0 Å². The maximum Gasteiger partial charge on any atom is 0.151 e. The van der Waals surface area contributed by atoms with Crippen LogP contribution >= 0.6 is 12.2 Å². The van der Waals surface area contributed by atoms with Gasteiger partial charge in [-0.2, -0.15) is 0 Å². The second-order valence-electron chi connectivity index (χ2n) is 7.83. The molecule has 1 aromatic rings. The Kier molecular flexibility index (Phi) is 7.37. The molecule has 2 fully saturated rings. The zero-order valence-electron chi connectivity index (χ0n) is 16.0. The Hall–Kier alpha value is -1.08. The predicted octanol–water partition coefficient (Wildman–Crippen LogP) is 3.45. The third-order valence-corrected chi connectivity index (χ3v) is 6.48. The second kappa shape index (κ2) is 9.74. The summed E-state index contributed by atoms with van der Waals surface area (Å²) in [6.45, 7) is 3.14. The Labute approximate surface area is 162 Å². The number of aliphatic hydroxyl groups is 1. The topological polar surface area (TPSA) is 67.1 Å². The molecule has 0 atom stereocenters. The van der Waals surface area contributed by atoms with Crippen LogP contribution in [0.15, 0.2) is 0 Å². The van der Waals surface area contributed by atoms with Crippen LogP contribution in [0.1, 0.15) is 89.4 Å². The highest BCUT2D eigenvalue weighted by molar-refractivity contribution is 7.80. The second-order valence-corrected chi connectivity index (χ2v) is 8.30.